The number of hydrogen-bond acceptors (Lipinski definition) is 4. The topological polar surface area (TPSA) is 46.0 Å². The molecule has 6 heteroatoms. The summed E-state index contributed by atoms with van der Waals surface area (Å²) in [4.78, 5) is 2.00. The van der Waals surface area contributed by atoms with E-state index in [4.69, 9.17) is 0 Å². The average molecular weight is 291 g/mol. The molecule has 1 N–H and O–H groups in total. The molecule has 0 saturated heterocycles. The second-order valence-corrected chi connectivity index (χ2v) is 5.05. The second kappa shape index (κ2) is 7.73. The van der Waals surface area contributed by atoms with Crippen molar-refractivity contribution in [2.24, 2.45) is 0 Å². The van der Waals surface area contributed by atoms with Crippen LogP contribution in [0.3, 0.4) is 0 Å². The van der Waals surface area contributed by atoms with Gasteiger partial charge < -0.3 is 10.2 Å². The fourth-order valence-electron chi connectivity index (χ4n) is 2.02. The van der Waals surface area contributed by atoms with Gasteiger partial charge in [0.25, 0.3) is 0 Å². The minimum absolute atomic E-state index is 0.218. The highest BCUT2D eigenvalue weighted by atomic mass is 19.1. The minimum Gasteiger partial charge on any atom is -0.373 e. The molecule has 1 heterocycles. The van der Waals surface area contributed by atoms with Crippen molar-refractivity contribution in [2.75, 3.05) is 25.0 Å². The van der Waals surface area contributed by atoms with Crippen LogP contribution in [0.4, 0.5) is 10.1 Å². The summed E-state index contributed by atoms with van der Waals surface area (Å²) in [6.45, 7) is 5.32. The lowest BCUT2D eigenvalue weighted by Crippen LogP contribution is -2.23. The van der Waals surface area contributed by atoms with E-state index in [1.54, 1.807) is 6.07 Å². The maximum absolute atomic E-state index is 13.2. The van der Waals surface area contributed by atoms with Crippen LogP contribution in [0.2, 0.25) is 0 Å². The Bertz CT molecular complexity index is 555. The van der Waals surface area contributed by atoms with Crippen LogP contribution in [0.1, 0.15) is 19.0 Å². The summed E-state index contributed by atoms with van der Waals surface area (Å²) in [6.07, 6.45) is 3.05. The summed E-state index contributed by atoms with van der Waals surface area (Å²) in [5, 5.41) is 11.5. The number of benzene rings is 1. The van der Waals surface area contributed by atoms with Gasteiger partial charge in [-0.25, -0.2) is 4.39 Å². The average Bonchev–Trinajstić information content (AvgIpc) is 2.93. The van der Waals surface area contributed by atoms with Crippen molar-refractivity contribution in [3.63, 3.8) is 0 Å². The van der Waals surface area contributed by atoms with Crippen LogP contribution in [0.15, 0.2) is 30.5 Å². The van der Waals surface area contributed by atoms with E-state index in [0.29, 0.717) is 6.54 Å². The van der Waals surface area contributed by atoms with Gasteiger partial charge in [0, 0.05) is 32.0 Å². The predicted octanol–water partition coefficient (Wildman–Crippen LogP) is 2.05. The third-order valence-electron chi connectivity index (χ3n) is 3.23. The summed E-state index contributed by atoms with van der Waals surface area (Å²) in [6, 6.07) is 6.59. The van der Waals surface area contributed by atoms with Crippen molar-refractivity contribution >= 4 is 5.69 Å². The molecule has 21 heavy (non-hydrogen) atoms. The maximum atomic E-state index is 13.2. The minimum atomic E-state index is -0.218. The standard InChI is InChI=1S/C15H22FN5/c1-3-7-17-11-14-12-21(19-18-14)9-8-20(2)15-6-4-5-13(16)10-15/h4-6,10,12,17H,3,7-9,11H2,1-2H3. The molecule has 0 radical (unpaired) electrons. The first-order valence-corrected chi connectivity index (χ1v) is 7.25. The Morgan fingerprint density at radius 2 is 2.24 bits per heavy atom. The van der Waals surface area contributed by atoms with Crippen LogP contribution in [0, 0.1) is 5.82 Å². The number of likely N-dealkylation sites (N-methyl/N-ethyl adjacent to an activating group) is 1. The zero-order valence-corrected chi connectivity index (χ0v) is 12.6. The van der Waals surface area contributed by atoms with Gasteiger partial charge in [-0.15, -0.1) is 5.10 Å². The van der Waals surface area contributed by atoms with Gasteiger partial charge in [0.1, 0.15) is 5.82 Å². The highest BCUT2D eigenvalue weighted by molar-refractivity contribution is 5.45. The molecule has 0 unspecified atom stereocenters. The molecule has 0 aliphatic rings. The van der Waals surface area contributed by atoms with Gasteiger partial charge in [-0.1, -0.05) is 18.2 Å². The quantitative estimate of drug-likeness (QED) is 0.756. The Morgan fingerprint density at radius 3 is 3.00 bits per heavy atom. The van der Waals surface area contributed by atoms with Gasteiger partial charge in [-0.05, 0) is 31.2 Å². The maximum Gasteiger partial charge on any atom is 0.125 e. The lowest BCUT2D eigenvalue weighted by atomic mass is 10.3. The molecule has 2 aromatic rings. The molecule has 0 amide bonds. The van der Waals surface area contributed by atoms with Crippen molar-refractivity contribution in [1.82, 2.24) is 20.3 Å². The smallest absolute Gasteiger partial charge is 0.125 e. The molecule has 1 aromatic heterocycles. The first-order valence-electron chi connectivity index (χ1n) is 7.25. The molecule has 0 saturated carbocycles. The molecule has 2 rings (SSSR count). The summed E-state index contributed by atoms with van der Waals surface area (Å²) in [5.74, 6) is -0.218. The third-order valence-corrected chi connectivity index (χ3v) is 3.23. The van der Waals surface area contributed by atoms with Crippen molar-refractivity contribution in [2.45, 2.75) is 26.4 Å². The van der Waals surface area contributed by atoms with Crippen LogP contribution in [-0.2, 0) is 13.1 Å². The molecule has 0 spiro atoms. The Kier molecular flexibility index (Phi) is 5.68. The Labute approximate surface area is 124 Å². The molecule has 0 atom stereocenters. The van der Waals surface area contributed by atoms with E-state index in [2.05, 4.69) is 22.6 Å². The number of rotatable bonds is 8. The van der Waals surface area contributed by atoms with Gasteiger partial charge in [-0.2, -0.15) is 0 Å². The second-order valence-electron chi connectivity index (χ2n) is 5.05. The lowest BCUT2D eigenvalue weighted by molar-refractivity contribution is 0.585. The normalized spacial score (nSPS) is 10.8. The summed E-state index contributed by atoms with van der Waals surface area (Å²) >= 11 is 0. The zero-order valence-electron chi connectivity index (χ0n) is 12.6. The van der Waals surface area contributed by atoms with E-state index in [-0.39, 0.29) is 5.82 Å². The zero-order chi connectivity index (χ0) is 15.1. The van der Waals surface area contributed by atoms with E-state index in [9.17, 15) is 4.39 Å². The molecule has 0 fully saturated rings. The van der Waals surface area contributed by atoms with Crippen molar-refractivity contribution < 1.29 is 4.39 Å². The highest BCUT2D eigenvalue weighted by Gasteiger charge is 2.04. The molecule has 0 aliphatic carbocycles. The van der Waals surface area contributed by atoms with Crippen LogP contribution in [0.5, 0.6) is 0 Å². The number of aromatic nitrogens is 3. The number of hydrogen-bond donors (Lipinski definition) is 1. The van der Waals surface area contributed by atoms with Crippen molar-refractivity contribution in [3.05, 3.63) is 42.0 Å². The first-order chi connectivity index (χ1) is 10.2. The largest absolute Gasteiger partial charge is 0.373 e. The van der Waals surface area contributed by atoms with Crippen molar-refractivity contribution in [1.29, 1.82) is 0 Å². The van der Waals surface area contributed by atoms with E-state index < -0.39 is 0 Å². The molecule has 0 bridgehead atoms. The summed E-state index contributed by atoms with van der Waals surface area (Å²) < 4.78 is 15.0. The number of nitrogens with zero attached hydrogens (tertiary/aromatic N) is 4. The molecular weight excluding hydrogens is 269 g/mol. The number of anilines is 1. The fourth-order valence-corrected chi connectivity index (χ4v) is 2.02. The lowest BCUT2D eigenvalue weighted by Gasteiger charge is -2.18. The molecular formula is C15H22FN5. The highest BCUT2D eigenvalue weighted by Crippen LogP contribution is 2.13. The number of halogens is 1. The monoisotopic (exact) mass is 291 g/mol. The number of nitrogens with one attached hydrogen (secondary N) is 1. The van der Waals surface area contributed by atoms with Crippen LogP contribution in [-0.4, -0.2) is 35.1 Å². The van der Waals surface area contributed by atoms with Gasteiger partial charge in [0.2, 0.25) is 0 Å². The Balaban J connectivity index is 1.82. The van der Waals surface area contributed by atoms with Gasteiger partial charge in [0.15, 0.2) is 0 Å². The van der Waals surface area contributed by atoms with Gasteiger partial charge in [-0.3, -0.25) is 4.68 Å². The summed E-state index contributed by atoms with van der Waals surface area (Å²) in [7, 11) is 1.94. The third kappa shape index (κ3) is 4.82. The van der Waals surface area contributed by atoms with E-state index in [1.165, 1.54) is 12.1 Å². The van der Waals surface area contributed by atoms with Crippen LogP contribution in [0.25, 0.3) is 0 Å². The molecule has 5 nitrogen and oxygen atoms in total. The summed E-state index contributed by atoms with van der Waals surface area (Å²) in [5.41, 5.74) is 1.80. The molecule has 114 valence electrons. The first kappa shape index (κ1) is 15.4. The Hall–Kier alpha value is -1.95. The molecule has 0 aliphatic heterocycles. The van der Waals surface area contributed by atoms with Crippen molar-refractivity contribution in [3.8, 4) is 0 Å². The van der Waals surface area contributed by atoms with E-state index in [0.717, 1.165) is 37.4 Å². The van der Waals surface area contributed by atoms with Gasteiger partial charge >= 0.3 is 0 Å². The molecule has 1 aromatic carbocycles. The fraction of sp³-hybridized carbons (Fsp3) is 0.467. The SMILES string of the molecule is CCCNCc1cn(CCN(C)c2cccc(F)c2)nn1. The van der Waals surface area contributed by atoms with Crippen LogP contribution >= 0.6 is 0 Å². The van der Waals surface area contributed by atoms with E-state index in [1.807, 2.05) is 28.9 Å². The van der Waals surface area contributed by atoms with Crippen LogP contribution < -0.4 is 10.2 Å². The Morgan fingerprint density at radius 1 is 1.38 bits per heavy atom. The van der Waals surface area contributed by atoms with Gasteiger partial charge in [0.05, 0.1) is 12.2 Å². The predicted molar refractivity (Wildman–Crippen MR) is 81.7 cm³/mol. The van der Waals surface area contributed by atoms with E-state index >= 15 is 0 Å².